The molecule has 1 fully saturated rings. The monoisotopic (exact) mass is 361 g/mol. The second-order valence-corrected chi connectivity index (χ2v) is 6.39. The van der Waals surface area contributed by atoms with E-state index in [1.54, 1.807) is 6.07 Å². The fraction of sp³-hybridized carbons (Fsp3) is 0.643. The summed E-state index contributed by atoms with van der Waals surface area (Å²) >= 11 is 9.28. The van der Waals surface area contributed by atoms with E-state index in [9.17, 15) is 4.79 Å². The van der Waals surface area contributed by atoms with Gasteiger partial charge in [-0.2, -0.15) is 0 Å². The predicted molar refractivity (Wildman–Crippen MR) is 85.4 cm³/mol. The number of amides is 1. The van der Waals surface area contributed by atoms with E-state index in [0.717, 1.165) is 39.1 Å². The number of aromatic nitrogens is 1. The number of H-pyrrole nitrogens is 1. The predicted octanol–water partition coefficient (Wildman–Crippen LogP) is 3.38. The molecule has 4 nitrogen and oxygen atoms in total. The van der Waals surface area contributed by atoms with Crippen LogP contribution >= 0.6 is 27.5 Å². The Bertz CT molecular complexity index is 438. The molecule has 0 bridgehead atoms. The Balaban J connectivity index is 1.97. The SMILES string of the molecule is CCCN(CCN1CCCC1)C(=O)c1cc(Cl)c(Br)[nH]1. The summed E-state index contributed by atoms with van der Waals surface area (Å²) in [7, 11) is 0. The Kier molecular flexibility index (Phi) is 5.93. The number of rotatable bonds is 6. The largest absolute Gasteiger partial charge is 0.344 e. The molecule has 0 aliphatic carbocycles. The van der Waals surface area contributed by atoms with Crippen molar-refractivity contribution in [2.75, 3.05) is 32.7 Å². The fourth-order valence-corrected chi connectivity index (χ4v) is 3.03. The number of hydrogen-bond acceptors (Lipinski definition) is 2. The zero-order valence-electron chi connectivity index (χ0n) is 11.8. The first-order valence-corrected chi connectivity index (χ1v) is 8.34. The van der Waals surface area contributed by atoms with Crippen molar-refractivity contribution in [3.8, 4) is 0 Å². The van der Waals surface area contributed by atoms with Crippen LogP contribution in [0.15, 0.2) is 10.7 Å². The quantitative estimate of drug-likeness (QED) is 0.842. The number of carbonyl (C=O) groups is 1. The average Bonchev–Trinajstić information content (AvgIpc) is 3.05. The van der Waals surface area contributed by atoms with Crippen molar-refractivity contribution < 1.29 is 4.79 Å². The molecule has 0 atom stereocenters. The van der Waals surface area contributed by atoms with Crippen molar-refractivity contribution in [2.24, 2.45) is 0 Å². The van der Waals surface area contributed by atoms with Gasteiger partial charge >= 0.3 is 0 Å². The molecule has 0 saturated carbocycles. The third-order valence-corrected chi connectivity index (χ3v) is 4.77. The lowest BCUT2D eigenvalue weighted by molar-refractivity contribution is 0.0735. The molecular weight excluding hydrogens is 342 g/mol. The van der Waals surface area contributed by atoms with Crippen molar-refractivity contribution in [1.29, 1.82) is 0 Å². The molecule has 1 N–H and O–H groups in total. The summed E-state index contributed by atoms with van der Waals surface area (Å²) in [6.07, 6.45) is 3.52. The number of halogens is 2. The van der Waals surface area contributed by atoms with E-state index in [2.05, 4.69) is 32.7 Å². The van der Waals surface area contributed by atoms with Gasteiger partial charge in [-0.25, -0.2) is 0 Å². The maximum atomic E-state index is 12.5. The van der Waals surface area contributed by atoms with Gasteiger partial charge in [-0.15, -0.1) is 0 Å². The maximum Gasteiger partial charge on any atom is 0.270 e. The number of nitrogens with zero attached hydrogens (tertiary/aromatic N) is 2. The van der Waals surface area contributed by atoms with Crippen LogP contribution in [0.4, 0.5) is 0 Å². The molecule has 1 aromatic heterocycles. The molecule has 1 aromatic rings. The summed E-state index contributed by atoms with van der Waals surface area (Å²) in [6, 6.07) is 1.69. The van der Waals surface area contributed by atoms with Gasteiger partial charge in [0.05, 0.1) is 5.02 Å². The van der Waals surface area contributed by atoms with E-state index in [0.29, 0.717) is 15.3 Å². The minimum atomic E-state index is 0.0265. The molecule has 2 heterocycles. The number of nitrogens with one attached hydrogen (secondary N) is 1. The molecule has 2 rings (SSSR count). The van der Waals surface area contributed by atoms with Gasteiger partial charge in [-0.1, -0.05) is 18.5 Å². The zero-order valence-corrected chi connectivity index (χ0v) is 14.1. The molecule has 0 unspecified atom stereocenters. The highest BCUT2D eigenvalue weighted by molar-refractivity contribution is 9.10. The molecule has 0 spiro atoms. The van der Waals surface area contributed by atoms with Crippen molar-refractivity contribution >= 4 is 33.4 Å². The van der Waals surface area contributed by atoms with Crippen molar-refractivity contribution in [3.05, 3.63) is 21.4 Å². The fourth-order valence-electron chi connectivity index (χ4n) is 2.54. The summed E-state index contributed by atoms with van der Waals surface area (Å²) in [6.45, 7) is 6.93. The van der Waals surface area contributed by atoms with Crippen LogP contribution in [0.25, 0.3) is 0 Å². The topological polar surface area (TPSA) is 39.3 Å². The Morgan fingerprint density at radius 3 is 2.70 bits per heavy atom. The molecule has 1 saturated heterocycles. The second-order valence-electron chi connectivity index (χ2n) is 5.19. The number of aromatic amines is 1. The van der Waals surface area contributed by atoms with Gasteiger partial charge in [0, 0.05) is 19.6 Å². The lowest BCUT2D eigenvalue weighted by atomic mass is 10.3. The lowest BCUT2D eigenvalue weighted by Crippen LogP contribution is -2.38. The van der Waals surface area contributed by atoms with Crippen LogP contribution in [-0.4, -0.2) is 53.4 Å². The first-order chi connectivity index (χ1) is 9.61. The van der Waals surface area contributed by atoms with Gasteiger partial charge in [-0.05, 0) is 54.3 Å². The van der Waals surface area contributed by atoms with E-state index in [1.807, 2.05) is 4.90 Å². The van der Waals surface area contributed by atoms with Crippen molar-refractivity contribution in [2.45, 2.75) is 26.2 Å². The first-order valence-electron chi connectivity index (χ1n) is 7.17. The molecule has 112 valence electrons. The number of hydrogen-bond donors (Lipinski definition) is 1. The van der Waals surface area contributed by atoms with Crippen LogP contribution in [0.2, 0.25) is 5.02 Å². The second kappa shape index (κ2) is 7.48. The smallest absolute Gasteiger partial charge is 0.270 e. The van der Waals surface area contributed by atoms with Crippen LogP contribution in [0.5, 0.6) is 0 Å². The van der Waals surface area contributed by atoms with Gasteiger partial charge < -0.3 is 14.8 Å². The van der Waals surface area contributed by atoms with E-state index in [-0.39, 0.29) is 5.91 Å². The van der Waals surface area contributed by atoms with Crippen LogP contribution in [0.1, 0.15) is 36.7 Å². The standard InChI is InChI=1S/C14H21BrClN3O/c1-2-5-19(9-8-18-6-3-4-7-18)14(20)12-10-11(16)13(15)17-12/h10,17H,2-9H2,1H3. The summed E-state index contributed by atoms with van der Waals surface area (Å²) in [5.74, 6) is 0.0265. The normalized spacial score (nSPS) is 15.8. The molecule has 1 aliphatic rings. The van der Waals surface area contributed by atoms with Gasteiger partial charge in [0.25, 0.3) is 5.91 Å². The van der Waals surface area contributed by atoms with Crippen LogP contribution in [0, 0.1) is 0 Å². The van der Waals surface area contributed by atoms with E-state index < -0.39 is 0 Å². The zero-order chi connectivity index (χ0) is 14.5. The number of likely N-dealkylation sites (tertiary alicyclic amines) is 1. The average molecular weight is 363 g/mol. The van der Waals surface area contributed by atoms with Crippen LogP contribution in [-0.2, 0) is 0 Å². The van der Waals surface area contributed by atoms with Gasteiger partial charge in [0.2, 0.25) is 0 Å². The van der Waals surface area contributed by atoms with Gasteiger partial charge in [-0.3, -0.25) is 4.79 Å². The van der Waals surface area contributed by atoms with E-state index in [4.69, 9.17) is 11.6 Å². The minimum absolute atomic E-state index is 0.0265. The summed E-state index contributed by atoms with van der Waals surface area (Å²) in [5, 5.41) is 0.546. The maximum absolute atomic E-state index is 12.5. The highest BCUT2D eigenvalue weighted by Gasteiger charge is 2.20. The molecule has 20 heavy (non-hydrogen) atoms. The molecule has 1 amide bonds. The third kappa shape index (κ3) is 3.99. The summed E-state index contributed by atoms with van der Waals surface area (Å²) < 4.78 is 0.665. The van der Waals surface area contributed by atoms with Crippen LogP contribution < -0.4 is 0 Å². The lowest BCUT2D eigenvalue weighted by Gasteiger charge is -2.24. The number of carbonyl (C=O) groups excluding carboxylic acids is 1. The minimum Gasteiger partial charge on any atom is -0.344 e. The van der Waals surface area contributed by atoms with Gasteiger partial charge in [0.15, 0.2) is 0 Å². The first kappa shape index (κ1) is 15.9. The van der Waals surface area contributed by atoms with Crippen molar-refractivity contribution in [1.82, 2.24) is 14.8 Å². The molecule has 0 aromatic carbocycles. The molecular formula is C14H21BrClN3O. The summed E-state index contributed by atoms with van der Waals surface area (Å²) in [5.41, 5.74) is 0.553. The molecule has 1 aliphatic heterocycles. The Morgan fingerprint density at radius 2 is 2.15 bits per heavy atom. The summed E-state index contributed by atoms with van der Waals surface area (Å²) in [4.78, 5) is 19.8. The Labute approximate surface area is 133 Å². The Hall–Kier alpha value is -0.520. The van der Waals surface area contributed by atoms with Gasteiger partial charge in [0.1, 0.15) is 10.3 Å². The van der Waals surface area contributed by atoms with E-state index >= 15 is 0 Å². The molecule has 6 heteroatoms. The third-order valence-electron chi connectivity index (χ3n) is 3.62. The molecule has 0 radical (unpaired) electrons. The highest BCUT2D eigenvalue weighted by atomic mass is 79.9. The highest BCUT2D eigenvalue weighted by Crippen LogP contribution is 2.23. The van der Waals surface area contributed by atoms with E-state index in [1.165, 1.54) is 12.8 Å². The van der Waals surface area contributed by atoms with Crippen molar-refractivity contribution in [3.63, 3.8) is 0 Å². The van der Waals surface area contributed by atoms with Crippen LogP contribution in [0.3, 0.4) is 0 Å². The Morgan fingerprint density at radius 1 is 1.45 bits per heavy atom.